The van der Waals surface area contributed by atoms with Gasteiger partial charge in [-0.15, -0.1) is 0 Å². The van der Waals surface area contributed by atoms with E-state index >= 15 is 0 Å². The van der Waals surface area contributed by atoms with Crippen LogP contribution in [0.5, 0.6) is 0 Å². The molecule has 2 rings (SSSR count). The van der Waals surface area contributed by atoms with Crippen LogP contribution < -0.4 is 11.1 Å². The van der Waals surface area contributed by atoms with Crippen LogP contribution in [0.15, 0.2) is 35.5 Å². The molecule has 0 saturated carbocycles. The zero-order chi connectivity index (χ0) is 10.7. The molecule has 7 heteroatoms. The molecule has 76 valence electrons. The van der Waals surface area contributed by atoms with Crippen molar-refractivity contribution in [1.82, 2.24) is 19.9 Å². The summed E-state index contributed by atoms with van der Waals surface area (Å²) in [5.74, 6) is -0.473. The molecule has 0 saturated heterocycles. The number of amides is 1. The average molecular weight is 205 g/mol. The first-order chi connectivity index (χ1) is 7.27. The van der Waals surface area contributed by atoms with Gasteiger partial charge in [0.15, 0.2) is 0 Å². The molecule has 0 unspecified atom stereocenters. The van der Waals surface area contributed by atoms with E-state index in [4.69, 9.17) is 0 Å². The van der Waals surface area contributed by atoms with Crippen molar-refractivity contribution in [2.45, 2.75) is 0 Å². The molecule has 0 spiro atoms. The summed E-state index contributed by atoms with van der Waals surface area (Å²) < 4.78 is 0.941. The van der Waals surface area contributed by atoms with E-state index in [0.29, 0.717) is 0 Å². The maximum Gasteiger partial charge on any atom is 0.362 e. The molecule has 0 aliphatic rings. The summed E-state index contributed by atoms with van der Waals surface area (Å²) in [5, 5.41) is 5.61. The van der Waals surface area contributed by atoms with Crippen LogP contribution >= 0.6 is 0 Å². The zero-order valence-electron chi connectivity index (χ0n) is 7.54. The van der Waals surface area contributed by atoms with Crippen LogP contribution in [0.1, 0.15) is 10.5 Å². The Bertz CT molecular complexity index is 515. The first-order valence-electron chi connectivity index (χ1n) is 4.12. The van der Waals surface area contributed by atoms with Crippen LogP contribution in [0, 0.1) is 0 Å². The van der Waals surface area contributed by atoms with Crippen molar-refractivity contribution in [3.05, 3.63) is 46.9 Å². The number of pyridine rings is 1. The maximum absolute atomic E-state index is 11.5. The standard InChI is InChI=1S/C8H7N5O2/c14-7(6-3-1-2-4-9-6)12-13-5-10-11-8(13)15/h1-5H,(H,11,15)(H,12,14). The molecule has 2 N–H and O–H groups in total. The molecule has 15 heavy (non-hydrogen) atoms. The molecule has 0 fully saturated rings. The summed E-state index contributed by atoms with van der Waals surface area (Å²) in [6, 6.07) is 4.92. The zero-order valence-corrected chi connectivity index (χ0v) is 7.54. The Kier molecular flexibility index (Phi) is 2.28. The number of H-pyrrole nitrogens is 1. The molecule has 0 aromatic carbocycles. The molecule has 0 aliphatic heterocycles. The first kappa shape index (κ1) is 9.13. The Morgan fingerprint density at radius 3 is 2.93 bits per heavy atom. The second-order valence-corrected chi connectivity index (χ2v) is 2.69. The van der Waals surface area contributed by atoms with Gasteiger partial charge in [-0.05, 0) is 12.1 Å². The fourth-order valence-corrected chi connectivity index (χ4v) is 0.992. The Hall–Kier alpha value is -2.44. The summed E-state index contributed by atoms with van der Waals surface area (Å²) in [5.41, 5.74) is 2.03. The lowest BCUT2D eigenvalue weighted by Crippen LogP contribution is -2.31. The van der Waals surface area contributed by atoms with Crippen molar-refractivity contribution >= 4 is 5.91 Å². The number of rotatable bonds is 2. The highest BCUT2D eigenvalue weighted by Gasteiger charge is 2.07. The molecule has 2 heterocycles. The normalized spacial score (nSPS) is 9.87. The van der Waals surface area contributed by atoms with Crippen LogP contribution in [0.2, 0.25) is 0 Å². The molecule has 1 amide bonds. The first-order valence-corrected chi connectivity index (χ1v) is 4.12. The number of carbonyl (C=O) groups is 1. The van der Waals surface area contributed by atoms with Crippen LogP contribution in [-0.4, -0.2) is 25.8 Å². The number of hydrogen-bond donors (Lipinski definition) is 2. The number of carbonyl (C=O) groups excluding carboxylic acids is 1. The van der Waals surface area contributed by atoms with Crippen LogP contribution in [0.4, 0.5) is 0 Å². The highest BCUT2D eigenvalue weighted by Crippen LogP contribution is 1.92. The summed E-state index contributed by atoms with van der Waals surface area (Å²) in [6.45, 7) is 0. The van der Waals surface area contributed by atoms with E-state index < -0.39 is 11.6 Å². The monoisotopic (exact) mass is 205 g/mol. The number of aromatic nitrogens is 4. The third-order valence-corrected chi connectivity index (χ3v) is 1.67. The maximum atomic E-state index is 11.5. The van der Waals surface area contributed by atoms with Crippen LogP contribution in [-0.2, 0) is 0 Å². The van der Waals surface area contributed by atoms with Crippen LogP contribution in [0.25, 0.3) is 0 Å². The summed E-state index contributed by atoms with van der Waals surface area (Å²) in [4.78, 5) is 26.3. The Balaban J connectivity index is 2.18. The van der Waals surface area contributed by atoms with E-state index in [1.165, 1.54) is 12.5 Å². The summed E-state index contributed by atoms with van der Waals surface area (Å²) in [7, 11) is 0. The van der Waals surface area contributed by atoms with Gasteiger partial charge in [-0.1, -0.05) is 6.07 Å². The third kappa shape index (κ3) is 1.90. The van der Waals surface area contributed by atoms with Gasteiger partial charge in [0.25, 0.3) is 5.91 Å². The van der Waals surface area contributed by atoms with E-state index in [0.717, 1.165) is 4.68 Å². The van der Waals surface area contributed by atoms with E-state index in [2.05, 4.69) is 20.6 Å². The number of aromatic amines is 1. The van der Waals surface area contributed by atoms with Crippen molar-refractivity contribution in [1.29, 1.82) is 0 Å². The molecule has 2 aromatic rings. The van der Waals surface area contributed by atoms with Crippen molar-refractivity contribution in [3.8, 4) is 0 Å². The summed E-state index contributed by atoms with van der Waals surface area (Å²) >= 11 is 0. The number of hydrogen-bond acceptors (Lipinski definition) is 4. The SMILES string of the molecule is O=C(Nn1cn[nH]c1=O)c1ccccn1. The van der Waals surface area contributed by atoms with Gasteiger partial charge in [0.05, 0.1) is 0 Å². The fourth-order valence-electron chi connectivity index (χ4n) is 0.992. The topological polar surface area (TPSA) is 92.7 Å². The lowest BCUT2D eigenvalue weighted by Gasteiger charge is -2.01. The highest BCUT2D eigenvalue weighted by atomic mass is 16.2. The Labute approximate surface area is 83.7 Å². The van der Waals surface area contributed by atoms with Crippen molar-refractivity contribution in [3.63, 3.8) is 0 Å². The predicted octanol–water partition coefficient (Wildman–Crippen LogP) is -0.650. The van der Waals surface area contributed by atoms with Crippen molar-refractivity contribution in [2.24, 2.45) is 0 Å². The second-order valence-electron chi connectivity index (χ2n) is 2.69. The number of nitrogens with one attached hydrogen (secondary N) is 2. The van der Waals surface area contributed by atoms with Crippen molar-refractivity contribution < 1.29 is 4.79 Å². The minimum Gasteiger partial charge on any atom is -0.266 e. The van der Waals surface area contributed by atoms with E-state index in [1.807, 2.05) is 0 Å². The van der Waals surface area contributed by atoms with E-state index in [9.17, 15) is 9.59 Å². The molecule has 0 aliphatic carbocycles. The lowest BCUT2D eigenvalue weighted by molar-refractivity contribution is 0.100. The second kappa shape index (κ2) is 3.74. The van der Waals surface area contributed by atoms with Gasteiger partial charge in [0.2, 0.25) is 0 Å². The predicted molar refractivity (Wildman–Crippen MR) is 50.8 cm³/mol. The molecular weight excluding hydrogens is 198 g/mol. The minimum atomic E-state index is -0.515. The summed E-state index contributed by atoms with van der Waals surface area (Å²) in [6.07, 6.45) is 2.66. The molecule has 0 radical (unpaired) electrons. The van der Waals surface area contributed by atoms with Crippen LogP contribution in [0.3, 0.4) is 0 Å². The molecular formula is C8H7N5O2. The third-order valence-electron chi connectivity index (χ3n) is 1.67. The molecule has 7 nitrogen and oxygen atoms in total. The quantitative estimate of drug-likeness (QED) is 0.681. The van der Waals surface area contributed by atoms with Crippen molar-refractivity contribution in [2.75, 3.05) is 5.43 Å². The Morgan fingerprint density at radius 1 is 1.47 bits per heavy atom. The molecule has 0 bridgehead atoms. The molecule has 0 atom stereocenters. The van der Waals surface area contributed by atoms with Gasteiger partial charge in [0, 0.05) is 6.20 Å². The smallest absolute Gasteiger partial charge is 0.266 e. The lowest BCUT2D eigenvalue weighted by atomic mass is 10.3. The molecule has 2 aromatic heterocycles. The van der Waals surface area contributed by atoms with Gasteiger partial charge in [-0.2, -0.15) is 9.77 Å². The largest absolute Gasteiger partial charge is 0.362 e. The van der Waals surface area contributed by atoms with Gasteiger partial charge in [-0.3, -0.25) is 15.2 Å². The fraction of sp³-hybridized carbons (Fsp3) is 0. The van der Waals surface area contributed by atoms with Gasteiger partial charge < -0.3 is 0 Å². The Morgan fingerprint density at radius 2 is 2.33 bits per heavy atom. The van der Waals surface area contributed by atoms with E-state index in [-0.39, 0.29) is 5.69 Å². The van der Waals surface area contributed by atoms with Gasteiger partial charge >= 0.3 is 5.69 Å². The average Bonchev–Trinajstić information content (AvgIpc) is 2.66. The van der Waals surface area contributed by atoms with E-state index in [1.54, 1.807) is 18.2 Å². The van der Waals surface area contributed by atoms with Gasteiger partial charge in [0.1, 0.15) is 12.0 Å². The number of nitrogens with zero attached hydrogens (tertiary/aromatic N) is 3. The minimum absolute atomic E-state index is 0.227. The highest BCUT2D eigenvalue weighted by molar-refractivity contribution is 5.98. The van der Waals surface area contributed by atoms with Gasteiger partial charge in [-0.25, -0.2) is 9.89 Å².